The molecular weight excluding hydrogens is 336 g/mol. The van der Waals surface area contributed by atoms with Gasteiger partial charge in [0.25, 0.3) is 0 Å². The zero-order chi connectivity index (χ0) is 10.7. The largest absolute Gasteiger partial charge is 0.0933 e. The van der Waals surface area contributed by atoms with Gasteiger partial charge in [-0.25, -0.2) is 0 Å². The summed E-state index contributed by atoms with van der Waals surface area (Å²) < 4.78 is 2.36. The summed E-state index contributed by atoms with van der Waals surface area (Å²) >= 11 is 8.92. The van der Waals surface area contributed by atoms with Crippen LogP contribution in [-0.2, 0) is 0 Å². The summed E-state index contributed by atoms with van der Waals surface area (Å²) in [6.07, 6.45) is 6.62. The molecule has 2 rings (SSSR count). The highest BCUT2D eigenvalue weighted by Crippen LogP contribution is 2.37. The van der Waals surface area contributed by atoms with E-state index in [1.54, 1.807) is 0 Å². The lowest BCUT2D eigenvalue weighted by Gasteiger charge is -2.11. The third-order valence-corrected chi connectivity index (χ3v) is 4.76. The average Bonchev–Trinajstić information content (AvgIpc) is 2.22. The van der Waals surface area contributed by atoms with Gasteiger partial charge in [0, 0.05) is 18.8 Å². The van der Waals surface area contributed by atoms with Crippen LogP contribution < -0.4 is 0 Å². The van der Waals surface area contributed by atoms with Gasteiger partial charge in [-0.3, -0.25) is 0 Å². The second-order valence-electron chi connectivity index (χ2n) is 3.27. The number of thioether (sulfide) groups is 1. The van der Waals surface area contributed by atoms with Gasteiger partial charge in [-0.2, -0.15) is 0 Å². The van der Waals surface area contributed by atoms with E-state index in [-0.39, 0.29) is 0 Å². The Hall–Kier alpha value is 0.01000. The van der Waals surface area contributed by atoms with Crippen LogP contribution in [0.25, 0.3) is 0 Å². The Kier molecular flexibility index (Phi) is 4.12. The van der Waals surface area contributed by atoms with Crippen LogP contribution in [0.15, 0.2) is 55.2 Å². The second-order valence-corrected chi connectivity index (χ2v) is 6.21. The summed E-state index contributed by atoms with van der Waals surface area (Å²) in [5.41, 5.74) is 0. The Labute approximate surface area is 111 Å². The summed E-state index contributed by atoms with van der Waals surface area (Å²) in [7, 11) is 0. The molecular formula is C12H10Br2S. The van der Waals surface area contributed by atoms with Crippen molar-refractivity contribution < 1.29 is 0 Å². The van der Waals surface area contributed by atoms with Crippen LogP contribution in [0.2, 0.25) is 0 Å². The molecule has 0 fully saturated rings. The van der Waals surface area contributed by atoms with E-state index in [4.69, 9.17) is 0 Å². The molecule has 1 aliphatic carbocycles. The van der Waals surface area contributed by atoms with E-state index < -0.39 is 0 Å². The van der Waals surface area contributed by atoms with Gasteiger partial charge >= 0.3 is 0 Å². The third kappa shape index (κ3) is 3.23. The van der Waals surface area contributed by atoms with Gasteiger partial charge < -0.3 is 0 Å². The van der Waals surface area contributed by atoms with Crippen molar-refractivity contribution in [3.8, 4) is 0 Å². The van der Waals surface area contributed by atoms with Crippen molar-refractivity contribution in [2.45, 2.75) is 17.7 Å². The molecule has 0 amide bonds. The summed E-state index contributed by atoms with van der Waals surface area (Å²) in [5, 5.41) is 0. The topological polar surface area (TPSA) is 0 Å². The fraction of sp³-hybridized carbons (Fsp3) is 0.167. The summed E-state index contributed by atoms with van der Waals surface area (Å²) in [6.45, 7) is 0. The van der Waals surface area contributed by atoms with Gasteiger partial charge in [-0.1, -0.05) is 45.9 Å². The van der Waals surface area contributed by atoms with Crippen LogP contribution >= 0.6 is 43.6 Å². The summed E-state index contributed by atoms with van der Waals surface area (Å²) in [5.74, 6) is 0. The Morgan fingerprint density at radius 1 is 1.20 bits per heavy atom. The van der Waals surface area contributed by atoms with Gasteiger partial charge in [0.1, 0.15) is 0 Å². The minimum atomic E-state index is 1.13. The van der Waals surface area contributed by atoms with Gasteiger partial charge in [0.15, 0.2) is 0 Å². The number of hydrogen-bond acceptors (Lipinski definition) is 1. The number of benzene rings is 1. The molecule has 0 N–H and O–H groups in total. The van der Waals surface area contributed by atoms with E-state index in [0.717, 1.165) is 17.3 Å². The molecule has 15 heavy (non-hydrogen) atoms. The highest BCUT2D eigenvalue weighted by atomic mass is 79.9. The summed E-state index contributed by atoms with van der Waals surface area (Å²) in [4.78, 5) is 2.70. The van der Waals surface area contributed by atoms with Crippen LogP contribution in [0.5, 0.6) is 0 Å². The zero-order valence-corrected chi connectivity index (χ0v) is 12.0. The molecule has 0 spiro atoms. The fourth-order valence-electron chi connectivity index (χ4n) is 1.39. The van der Waals surface area contributed by atoms with Crippen molar-refractivity contribution in [3.63, 3.8) is 0 Å². The highest BCUT2D eigenvalue weighted by molar-refractivity contribution is 9.12. The van der Waals surface area contributed by atoms with E-state index >= 15 is 0 Å². The predicted octanol–water partition coefficient (Wildman–Crippen LogP) is 5.50. The smallest absolute Gasteiger partial charge is 0.0270 e. The molecule has 0 aromatic heterocycles. The SMILES string of the molecule is BrC1=C(Sc2cccc(Br)c2)CCC=C1. The second kappa shape index (κ2) is 5.37. The van der Waals surface area contributed by atoms with Crippen LogP contribution in [0.3, 0.4) is 0 Å². The third-order valence-electron chi connectivity index (χ3n) is 2.11. The number of allylic oxidation sites excluding steroid dienone is 4. The molecule has 0 saturated heterocycles. The molecule has 0 radical (unpaired) electrons. The lowest BCUT2D eigenvalue weighted by Crippen LogP contribution is -1.86. The fourth-order valence-corrected chi connectivity index (χ4v) is 3.57. The first kappa shape index (κ1) is 11.5. The molecule has 1 aliphatic rings. The molecule has 0 saturated carbocycles. The first-order valence-corrected chi connectivity index (χ1v) is 7.14. The van der Waals surface area contributed by atoms with Crippen molar-refractivity contribution in [3.05, 3.63) is 50.3 Å². The summed E-state index contributed by atoms with van der Waals surface area (Å²) in [6, 6.07) is 8.41. The number of hydrogen-bond donors (Lipinski definition) is 0. The highest BCUT2D eigenvalue weighted by Gasteiger charge is 2.07. The van der Waals surface area contributed by atoms with Crippen molar-refractivity contribution in [1.82, 2.24) is 0 Å². The first-order chi connectivity index (χ1) is 7.25. The Bertz CT molecular complexity index is 421. The average molecular weight is 346 g/mol. The maximum atomic E-state index is 3.59. The standard InChI is InChI=1S/C12H10Br2S/c13-9-4-3-5-10(8-9)15-12-7-2-1-6-11(12)14/h1,3-6,8H,2,7H2. The first-order valence-electron chi connectivity index (χ1n) is 4.74. The van der Waals surface area contributed by atoms with Crippen molar-refractivity contribution in [1.29, 1.82) is 0 Å². The van der Waals surface area contributed by atoms with E-state index in [0.29, 0.717) is 0 Å². The Morgan fingerprint density at radius 2 is 2.07 bits per heavy atom. The maximum absolute atomic E-state index is 3.59. The van der Waals surface area contributed by atoms with Gasteiger partial charge in [-0.05, 0) is 47.0 Å². The molecule has 0 nitrogen and oxygen atoms in total. The minimum Gasteiger partial charge on any atom is -0.0933 e. The van der Waals surface area contributed by atoms with E-state index in [1.165, 1.54) is 14.3 Å². The monoisotopic (exact) mass is 344 g/mol. The van der Waals surface area contributed by atoms with Crippen molar-refractivity contribution >= 4 is 43.6 Å². The van der Waals surface area contributed by atoms with E-state index in [1.807, 2.05) is 17.8 Å². The number of rotatable bonds is 2. The zero-order valence-electron chi connectivity index (χ0n) is 8.04. The molecule has 78 valence electrons. The van der Waals surface area contributed by atoms with E-state index in [9.17, 15) is 0 Å². The lowest BCUT2D eigenvalue weighted by molar-refractivity contribution is 1.02. The predicted molar refractivity (Wildman–Crippen MR) is 74.3 cm³/mol. The molecule has 1 aromatic carbocycles. The normalized spacial score (nSPS) is 15.9. The Balaban J connectivity index is 2.18. The van der Waals surface area contributed by atoms with Crippen LogP contribution in [0.4, 0.5) is 0 Å². The van der Waals surface area contributed by atoms with Gasteiger partial charge in [0.2, 0.25) is 0 Å². The number of halogens is 2. The quantitative estimate of drug-likeness (QED) is 0.682. The van der Waals surface area contributed by atoms with Crippen LogP contribution in [0, 0.1) is 0 Å². The van der Waals surface area contributed by atoms with Gasteiger partial charge in [0.05, 0.1) is 0 Å². The molecule has 0 heterocycles. The minimum absolute atomic E-state index is 1.13. The molecule has 0 unspecified atom stereocenters. The van der Waals surface area contributed by atoms with Crippen molar-refractivity contribution in [2.24, 2.45) is 0 Å². The molecule has 1 aromatic rings. The van der Waals surface area contributed by atoms with E-state index in [2.05, 4.69) is 62.2 Å². The molecule has 0 aliphatic heterocycles. The van der Waals surface area contributed by atoms with Crippen LogP contribution in [0.1, 0.15) is 12.8 Å². The lowest BCUT2D eigenvalue weighted by atomic mass is 10.2. The van der Waals surface area contributed by atoms with Gasteiger partial charge in [-0.15, -0.1) is 0 Å². The molecule has 0 bridgehead atoms. The maximum Gasteiger partial charge on any atom is 0.0270 e. The van der Waals surface area contributed by atoms with Crippen molar-refractivity contribution in [2.75, 3.05) is 0 Å². The molecule has 3 heteroatoms. The Morgan fingerprint density at radius 3 is 2.80 bits per heavy atom. The molecule has 0 atom stereocenters. The van der Waals surface area contributed by atoms with Crippen LogP contribution in [-0.4, -0.2) is 0 Å².